The van der Waals surface area contributed by atoms with E-state index < -0.39 is 0 Å². The molecule has 0 atom stereocenters. The number of aromatic nitrogens is 2. The molecular formula is C29H23Br2N3O3. The van der Waals surface area contributed by atoms with Crippen LogP contribution in [-0.2, 0) is 13.0 Å². The quantitative estimate of drug-likeness (QED) is 0.182. The lowest BCUT2D eigenvalue weighted by Gasteiger charge is -2.14. The molecular weight excluding hydrogens is 598 g/mol. The minimum absolute atomic E-state index is 0.225. The zero-order valence-electron chi connectivity index (χ0n) is 20.2. The van der Waals surface area contributed by atoms with Crippen LogP contribution in [0.5, 0.6) is 11.5 Å². The molecule has 37 heavy (non-hydrogen) atoms. The number of fused-ring (bicyclic) bond motifs is 2. The van der Waals surface area contributed by atoms with Gasteiger partial charge in [0.05, 0.1) is 24.2 Å². The molecule has 0 saturated carbocycles. The molecule has 0 N–H and O–H groups in total. The molecule has 0 saturated heterocycles. The van der Waals surface area contributed by atoms with Crippen molar-refractivity contribution < 1.29 is 9.47 Å². The highest BCUT2D eigenvalue weighted by molar-refractivity contribution is 9.10. The molecule has 1 heterocycles. The van der Waals surface area contributed by atoms with Crippen LogP contribution in [0.3, 0.4) is 0 Å². The standard InChI is InChI=1S/C29H23Br2N3O3/c1-3-28-33-25-12-11-21(30)14-23(25)29(35)34(28)32-16-20-13-26(36-2)27(15-24(20)31)37-17-19-9-6-8-18-7-4-5-10-22(18)19/h4-16H,3,17H2,1-2H3. The van der Waals surface area contributed by atoms with Gasteiger partial charge in [0.2, 0.25) is 0 Å². The molecule has 0 radical (unpaired) electrons. The van der Waals surface area contributed by atoms with E-state index in [1.807, 2.05) is 49.4 Å². The number of hydrogen-bond donors (Lipinski definition) is 0. The first kappa shape index (κ1) is 25.2. The predicted octanol–water partition coefficient (Wildman–Crippen LogP) is 7.11. The zero-order valence-corrected chi connectivity index (χ0v) is 23.4. The smallest absolute Gasteiger partial charge is 0.282 e. The molecule has 0 aliphatic rings. The minimum Gasteiger partial charge on any atom is -0.493 e. The predicted molar refractivity (Wildman–Crippen MR) is 155 cm³/mol. The summed E-state index contributed by atoms with van der Waals surface area (Å²) in [6.45, 7) is 2.34. The number of benzene rings is 4. The van der Waals surface area contributed by atoms with Crippen LogP contribution < -0.4 is 15.0 Å². The van der Waals surface area contributed by atoms with Crippen molar-refractivity contribution >= 4 is 59.7 Å². The van der Waals surface area contributed by atoms with Gasteiger partial charge in [0, 0.05) is 20.9 Å². The summed E-state index contributed by atoms with van der Waals surface area (Å²) in [7, 11) is 1.60. The topological polar surface area (TPSA) is 65.7 Å². The Morgan fingerprint density at radius 2 is 1.78 bits per heavy atom. The second-order valence-electron chi connectivity index (χ2n) is 8.36. The van der Waals surface area contributed by atoms with Crippen molar-refractivity contribution in [2.45, 2.75) is 20.0 Å². The maximum atomic E-state index is 13.2. The third-order valence-corrected chi connectivity index (χ3v) is 7.23. The summed E-state index contributed by atoms with van der Waals surface area (Å²) in [5.74, 6) is 1.74. The Hall–Kier alpha value is -3.49. The Kier molecular flexibility index (Phi) is 7.39. The summed E-state index contributed by atoms with van der Waals surface area (Å²) in [4.78, 5) is 17.8. The Balaban J connectivity index is 1.46. The number of aryl methyl sites for hydroxylation is 1. The number of ether oxygens (including phenoxy) is 2. The second kappa shape index (κ2) is 10.9. The summed E-state index contributed by atoms with van der Waals surface area (Å²) in [6.07, 6.45) is 2.18. The number of nitrogens with zero attached hydrogens (tertiary/aromatic N) is 3. The normalized spacial score (nSPS) is 11.5. The number of hydrogen-bond acceptors (Lipinski definition) is 5. The fourth-order valence-corrected chi connectivity index (χ4v) is 4.94. The molecule has 0 aliphatic carbocycles. The maximum absolute atomic E-state index is 13.2. The molecule has 4 aromatic carbocycles. The van der Waals surface area contributed by atoms with Crippen LogP contribution in [0.15, 0.2) is 91.6 Å². The van der Waals surface area contributed by atoms with Gasteiger partial charge in [0.15, 0.2) is 11.5 Å². The van der Waals surface area contributed by atoms with E-state index in [0.29, 0.717) is 41.3 Å². The molecule has 6 nitrogen and oxygen atoms in total. The zero-order chi connectivity index (χ0) is 25.9. The molecule has 5 rings (SSSR count). The van der Waals surface area contributed by atoms with Crippen LogP contribution in [0.1, 0.15) is 23.9 Å². The van der Waals surface area contributed by atoms with Gasteiger partial charge in [0.1, 0.15) is 12.4 Å². The van der Waals surface area contributed by atoms with Crippen LogP contribution in [0.25, 0.3) is 21.7 Å². The Morgan fingerprint density at radius 1 is 0.973 bits per heavy atom. The van der Waals surface area contributed by atoms with Gasteiger partial charge < -0.3 is 9.47 Å². The first-order chi connectivity index (χ1) is 18.0. The van der Waals surface area contributed by atoms with Crippen LogP contribution >= 0.6 is 31.9 Å². The second-order valence-corrected chi connectivity index (χ2v) is 10.1. The van der Waals surface area contributed by atoms with Crippen molar-refractivity contribution in [2.24, 2.45) is 5.10 Å². The minimum atomic E-state index is -0.225. The number of halogens is 2. The highest BCUT2D eigenvalue weighted by Gasteiger charge is 2.13. The average Bonchev–Trinajstić information content (AvgIpc) is 2.92. The lowest BCUT2D eigenvalue weighted by molar-refractivity contribution is 0.285. The number of methoxy groups -OCH3 is 1. The van der Waals surface area contributed by atoms with Crippen LogP contribution in [-0.4, -0.2) is 23.0 Å². The van der Waals surface area contributed by atoms with Crippen LogP contribution in [0.2, 0.25) is 0 Å². The first-order valence-electron chi connectivity index (χ1n) is 11.7. The SMILES string of the molecule is CCc1nc2ccc(Br)cc2c(=O)n1N=Cc1cc(OC)c(OCc2cccc3ccccc23)cc1Br. The third kappa shape index (κ3) is 5.17. The summed E-state index contributed by atoms with van der Waals surface area (Å²) in [5.41, 5.74) is 2.24. The molecule has 0 fully saturated rings. The van der Waals surface area contributed by atoms with Gasteiger partial charge in [-0.1, -0.05) is 65.3 Å². The number of rotatable bonds is 7. The van der Waals surface area contributed by atoms with E-state index in [4.69, 9.17) is 9.47 Å². The van der Waals surface area contributed by atoms with E-state index in [1.165, 1.54) is 10.1 Å². The van der Waals surface area contributed by atoms with Crippen molar-refractivity contribution in [3.63, 3.8) is 0 Å². The lowest BCUT2D eigenvalue weighted by Crippen LogP contribution is -2.22. The molecule has 186 valence electrons. The van der Waals surface area contributed by atoms with Gasteiger partial charge in [-0.15, -0.1) is 0 Å². The molecule has 8 heteroatoms. The maximum Gasteiger partial charge on any atom is 0.282 e. The van der Waals surface area contributed by atoms with Crippen molar-refractivity contribution in [2.75, 3.05) is 7.11 Å². The van der Waals surface area contributed by atoms with Crippen LogP contribution in [0, 0.1) is 0 Å². The first-order valence-corrected chi connectivity index (χ1v) is 13.3. The molecule has 0 aliphatic heterocycles. The Labute approximate surface area is 230 Å². The highest BCUT2D eigenvalue weighted by atomic mass is 79.9. The Morgan fingerprint density at radius 3 is 2.59 bits per heavy atom. The van der Waals surface area contributed by atoms with Gasteiger partial charge in [-0.05, 0) is 62.6 Å². The summed E-state index contributed by atoms with van der Waals surface area (Å²) >= 11 is 7.05. The Bertz CT molecular complexity index is 1710. The van der Waals surface area contributed by atoms with E-state index in [0.717, 1.165) is 25.5 Å². The molecule has 0 unspecified atom stereocenters. The van der Waals surface area contributed by atoms with E-state index in [1.54, 1.807) is 19.4 Å². The highest BCUT2D eigenvalue weighted by Crippen LogP contribution is 2.34. The van der Waals surface area contributed by atoms with Gasteiger partial charge in [-0.3, -0.25) is 4.79 Å². The van der Waals surface area contributed by atoms with Gasteiger partial charge in [-0.2, -0.15) is 9.78 Å². The van der Waals surface area contributed by atoms with E-state index in [9.17, 15) is 4.79 Å². The van der Waals surface area contributed by atoms with Crippen molar-refractivity contribution in [3.05, 3.63) is 109 Å². The van der Waals surface area contributed by atoms with Gasteiger partial charge >= 0.3 is 0 Å². The lowest BCUT2D eigenvalue weighted by atomic mass is 10.1. The van der Waals surface area contributed by atoms with Crippen molar-refractivity contribution in [1.29, 1.82) is 0 Å². The van der Waals surface area contributed by atoms with Crippen molar-refractivity contribution in [3.8, 4) is 11.5 Å². The summed E-state index contributed by atoms with van der Waals surface area (Å²) in [5, 5.41) is 7.31. The monoisotopic (exact) mass is 619 g/mol. The van der Waals surface area contributed by atoms with E-state index in [-0.39, 0.29) is 5.56 Å². The third-order valence-electron chi connectivity index (χ3n) is 6.05. The van der Waals surface area contributed by atoms with Crippen LogP contribution in [0.4, 0.5) is 0 Å². The fourth-order valence-electron chi connectivity index (χ4n) is 4.16. The fraction of sp³-hybridized carbons (Fsp3) is 0.138. The molecule has 0 amide bonds. The summed E-state index contributed by atoms with van der Waals surface area (Å²) in [6, 6.07) is 23.5. The average molecular weight is 621 g/mol. The molecule has 1 aromatic heterocycles. The summed E-state index contributed by atoms with van der Waals surface area (Å²) < 4.78 is 14.7. The molecule has 0 bridgehead atoms. The van der Waals surface area contributed by atoms with Gasteiger partial charge in [0.25, 0.3) is 5.56 Å². The van der Waals surface area contributed by atoms with E-state index in [2.05, 4.69) is 66.2 Å². The molecule has 0 spiro atoms. The van der Waals surface area contributed by atoms with E-state index >= 15 is 0 Å². The van der Waals surface area contributed by atoms with Crippen molar-refractivity contribution in [1.82, 2.24) is 9.66 Å². The molecule has 5 aromatic rings. The largest absolute Gasteiger partial charge is 0.493 e. The van der Waals surface area contributed by atoms with Gasteiger partial charge in [-0.25, -0.2) is 4.98 Å².